The second kappa shape index (κ2) is 9.68. The molecular weight excluding hydrogens is 460 g/mol. The van der Waals surface area contributed by atoms with Crippen molar-refractivity contribution in [1.82, 2.24) is 0 Å². The molecule has 0 fully saturated rings. The number of aliphatic hydroxyl groups excluding tert-OH is 1. The number of aliphatic hydroxyl groups is 1. The number of ether oxygens (including phenoxy) is 5. The van der Waals surface area contributed by atoms with E-state index in [2.05, 4.69) is 0 Å². The first-order chi connectivity index (χ1) is 16.7. The quantitative estimate of drug-likeness (QED) is 0.268. The van der Waals surface area contributed by atoms with Crippen molar-refractivity contribution in [1.29, 1.82) is 0 Å². The Kier molecular flexibility index (Phi) is 6.84. The fourth-order valence-electron chi connectivity index (χ4n) is 4.88. The number of non-ortho nitro benzene ring substituents is 1. The Bertz CT molecular complexity index is 1110. The van der Waals surface area contributed by atoms with Crippen LogP contribution in [0.3, 0.4) is 0 Å². The van der Waals surface area contributed by atoms with Crippen molar-refractivity contribution < 1.29 is 38.5 Å². The molecule has 2 heterocycles. The van der Waals surface area contributed by atoms with Crippen molar-refractivity contribution in [3.63, 3.8) is 0 Å². The van der Waals surface area contributed by atoms with Crippen LogP contribution in [0.1, 0.15) is 31.0 Å². The summed E-state index contributed by atoms with van der Waals surface area (Å²) in [5, 5.41) is 23.3. The van der Waals surface area contributed by atoms with Crippen LogP contribution in [0.5, 0.6) is 5.75 Å². The third-order valence-corrected chi connectivity index (χ3v) is 6.40. The molecule has 2 aliphatic heterocycles. The van der Waals surface area contributed by atoms with Crippen molar-refractivity contribution >= 4 is 17.5 Å². The summed E-state index contributed by atoms with van der Waals surface area (Å²) >= 11 is 0. The van der Waals surface area contributed by atoms with Gasteiger partial charge in [-0.2, -0.15) is 0 Å². The third-order valence-electron chi connectivity index (χ3n) is 6.40. The largest absolute Gasteiger partial charge is 0.510 e. The van der Waals surface area contributed by atoms with Crippen molar-refractivity contribution in [2.75, 3.05) is 25.7 Å². The van der Waals surface area contributed by atoms with Crippen LogP contribution in [0.4, 0.5) is 16.2 Å². The molecule has 11 heteroatoms. The van der Waals surface area contributed by atoms with E-state index in [9.17, 15) is 20.0 Å². The van der Waals surface area contributed by atoms with E-state index in [0.29, 0.717) is 23.4 Å². The number of para-hydroxylation sites is 1. The number of nitro benzene ring substituents is 1. The van der Waals surface area contributed by atoms with E-state index >= 15 is 0 Å². The number of nitro groups is 1. The number of carbonyl (C=O) groups excluding carboxylic acids is 1. The SMILES string of the molecule is CCOC(=O)O[C@H]1Cc2ccccc2N1[C@@H]1c2cc([N+](=O)[O-])ccc2O[C@@](C)(C(OC)OC)[C@H]1O. The number of fused-ring (bicyclic) bond motifs is 2. The lowest BCUT2D eigenvalue weighted by atomic mass is 9.83. The fraction of sp³-hybridized carbons (Fsp3) is 0.458. The highest BCUT2D eigenvalue weighted by molar-refractivity contribution is 5.66. The molecule has 4 atom stereocenters. The third kappa shape index (κ3) is 4.26. The molecule has 2 aromatic rings. The minimum absolute atomic E-state index is 0.134. The molecule has 0 aromatic heterocycles. The topological polar surface area (TPSA) is 130 Å². The maximum atomic E-state index is 12.3. The van der Waals surface area contributed by atoms with Crippen molar-refractivity contribution in [2.45, 2.75) is 50.5 Å². The van der Waals surface area contributed by atoms with Gasteiger partial charge in [-0.1, -0.05) is 18.2 Å². The van der Waals surface area contributed by atoms with E-state index in [-0.39, 0.29) is 12.3 Å². The van der Waals surface area contributed by atoms with Crippen LogP contribution in [0, 0.1) is 10.1 Å². The normalized spacial score (nSPS) is 25.0. The van der Waals surface area contributed by atoms with Gasteiger partial charge in [-0.15, -0.1) is 0 Å². The molecule has 35 heavy (non-hydrogen) atoms. The lowest BCUT2D eigenvalue weighted by Crippen LogP contribution is -2.63. The van der Waals surface area contributed by atoms with E-state index in [1.54, 1.807) is 18.7 Å². The molecule has 188 valence electrons. The number of carbonyl (C=O) groups is 1. The van der Waals surface area contributed by atoms with Gasteiger partial charge in [-0.05, 0) is 31.5 Å². The van der Waals surface area contributed by atoms with Crippen molar-refractivity contribution in [3.05, 3.63) is 63.7 Å². The molecule has 2 aromatic carbocycles. The molecule has 0 amide bonds. The Morgan fingerprint density at radius 3 is 2.66 bits per heavy atom. The number of nitrogens with zero attached hydrogens (tertiary/aromatic N) is 2. The highest BCUT2D eigenvalue weighted by atomic mass is 16.7. The van der Waals surface area contributed by atoms with Gasteiger partial charge in [0, 0.05) is 44.0 Å². The lowest BCUT2D eigenvalue weighted by molar-refractivity contribution is -0.385. The van der Waals surface area contributed by atoms with Gasteiger partial charge >= 0.3 is 6.16 Å². The summed E-state index contributed by atoms with van der Waals surface area (Å²) < 4.78 is 27.7. The molecule has 2 aliphatic rings. The highest BCUT2D eigenvalue weighted by Gasteiger charge is 2.56. The fourth-order valence-corrected chi connectivity index (χ4v) is 4.88. The van der Waals surface area contributed by atoms with Crippen LogP contribution >= 0.6 is 0 Å². The number of methoxy groups -OCH3 is 2. The van der Waals surface area contributed by atoms with Gasteiger partial charge in [0.05, 0.1) is 17.6 Å². The van der Waals surface area contributed by atoms with Crippen LogP contribution < -0.4 is 9.64 Å². The number of hydrogen-bond acceptors (Lipinski definition) is 10. The van der Waals surface area contributed by atoms with E-state index < -0.39 is 41.3 Å². The first-order valence-corrected chi connectivity index (χ1v) is 11.2. The minimum atomic E-state index is -1.41. The summed E-state index contributed by atoms with van der Waals surface area (Å²) in [4.78, 5) is 25.1. The maximum absolute atomic E-state index is 12.3. The minimum Gasteiger partial charge on any atom is -0.479 e. The van der Waals surface area contributed by atoms with Gasteiger partial charge in [0.1, 0.15) is 11.9 Å². The van der Waals surface area contributed by atoms with Crippen LogP contribution in [-0.4, -0.2) is 61.2 Å². The monoisotopic (exact) mass is 488 g/mol. The van der Waals surface area contributed by atoms with Gasteiger partial charge in [0.2, 0.25) is 0 Å². The Morgan fingerprint density at radius 1 is 1.29 bits per heavy atom. The number of benzene rings is 2. The average Bonchev–Trinajstić information content (AvgIpc) is 3.18. The van der Waals surface area contributed by atoms with Crippen LogP contribution in [0.2, 0.25) is 0 Å². The van der Waals surface area contributed by atoms with Crippen LogP contribution in [0.15, 0.2) is 42.5 Å². The summed E-state index contributed by atoms with van der Waals surface area (Å²) in [6, 6.07) is 10.7. The summed E-state index contributed by atoms with van der Waals surface area (Å²) in [7, 11) is 2.85. The molecule has 1 N–H and O–H groups in total. The predicted octanol–water partition coefficient (Wildman–Crippen LogP) is 3.33. The first-order valence-electron chi connectivity index (χ1n) is 11.2. The molecule has 0 saturated heterocycles. The number of anilines is 1. The summed E-state index contributed by atoms with van der Waals surface area (Å²) in [6.07, 6.45) is -3.67. The molecule has 0 bridgehead atoms. The van der Waals surface area contributed by atoms with Crippen molar-refractivity contribution in [3.8, 4) is 5.75 Å². The van der Waals surface area contributed by atoms with Gasteiger partial charge in [-0.3, -0.25) is 10.1 Å². The average molecular weight is 488 g/mol. The van der Waals surface area contributed by atoms with Gasteiger partial charge < -0.3 is 33.7 Å². The maximum Gasteiger partial charge on any atom is 0.510 e. The molecule has 0 aliphatic carbocycles. The van der Waals surface area contributed by atoms with E-state index in [4.69, 9.17) is 23.7 Å². The molecule has 0 spiro atoms. The van der Waals surface area contributed by atoms with Crippen LogP contribution in [0.25, 0.3) is 0 Å². The van der Waals surface area contributed by atoms with Crippen LogP contribution in [-0.2, 0) is 25.4 Å². The molecular formula is C24H28N2O9. The van der Waals surface area contributed by atoms with Crippen molar-refractivity contribution in [2.24, 2.45) is 0 Å². The molecule has 0 radical (unpaired) electrons. The zero-order chi connectivity index (χ0) is 25.3. The van der Waals surface area contributed by atoms with E-state index in [1.807, 2.05) is 24.3 Å². The first kappa shape index (κ1) is 24.7. The Labute approximate surface area is 202 Å². The Hall–Kier alpha value is -3.41. The second-order valence-corrected chi connectivity index (χ2v) is 8.45. The van der Waals surface area contributed by atoms with Gasteiger partial charge in [0.15, 0.2) is 18.1 Å². The summed E-state index contributed by atoms with van der Waals surface area (Å²) in [5.41, 5.74) is 0.370. The zero-order valence-corrected chi connectivity index (χ0v) is 19.9. The number of hydrogen-bond donors (Lipinski definition) is 1. The Morgan fingerprint density at radius 2 is 2.00 bits per heavy atom. The standard InChI is InChI=1S/C24H28N2O9/c1-5-33-23(28)34-19-12-14-8-6-7-9-17(14)25(19)20-16-13-15(26(29)30)10-11-18(16)35-24(2,21(20)27)22(31-3)32-4/h6-11,13,19-22,27H,5,12H2,1-4H3/t19-,20+,21-,24+/m0/s1. The molecule has 4 rings (SSSR count). The Balaban J connectivity index is 1.89. The predicted molar refractivity (Wildman–Crippen MR) is 123 cm³/mol. The van der Waals surface area contributed by atoms with E-state index in [0.717, 1.165) is 5.56 Å². The summed E-state index contributed by atoms with van der Waals surface area (Å²) in [5.74, 6) is 0.312. The molecule has 0 saturated carbocycles. The summed E-state index contributed by atoms with van der Waals surface area (Å²) in [6.45, 7) is 3.44. The van der Waals surface area contributed by atoms with E-state index in [1.165, 1.54) is 32.4 Å². The molecule has 11 nitrogen and oxygen atoms in total. The smallest absolute Gasteiger partial charge is 0.479 e. The number of rotatable bonds is 7. The zero-order valence-electron chi connectivity index (χ0n) is 19.9. The molecule has 0 unspecified atom stereocenters. The van der Waals surface area contributed by atoms with Gasteiger partial charge in [-0.25, -0.2) is 4.79 Å². The second-order valence-electron chi connectivity index (χ2n) is 8.45. The van der Waals surface area contributed by atoms with Gasteiger partial charge in [0.25, 0.3) is 5.69 Å². The highest BCUT2D eigenvalue weighted by Crippen LogP contribution is 2.50. The lowest BCUT2D eigenvalue weighted by Gasteiger charge is -2.50.